The summed E-state index contributed by atoms with van der Waals surface area (Å²) in [6, 6.07) is 16.9. The first-order valence-corrected chi connectivity index (χ1v) is 11.2. The maximum atomic E-state index is 11.7. The van der Waals surface area contributed by atoms with Crippen molar-refractivity contribution in [2.75, 3.05) is 13.1 Å². The highest BCUT2D eigenvalue weighted by Crippen LogP contribution is 2.48. The number of nitrogens with zero attached hydrogens (tertiary/aromatic N) is 3. The summed E-state index contributed by atoms with van der Waals surface area (Å²) >= 11 is 0. The largest absolute Gasteiger partial charge is 0.382 e. The number of aromatic nitrogens is 1. The number of hydrogen-bond donors (Lipinski definition) is 1. The van der Waals surface area contributed by atoms with Gasteiger partial charge in [0.05, 0.1) is 23.5 Å². The van der Waals surface area contributed by atoms with E-state index in [9.17, 15) is 15.2 Å². The Kier molecular flexibility index (Phi) is 5.27. The van der Waals surface area contributed by atoms with Gasteiger partial charge in [-0.05, 0) is 35.7 Å². The molecule has 2 bridgehead atoms. The molecule has 2 aromatic carbocycles. The molecule has 3 aromatic rings. The summed E-state index contributed by atoms with van der Waals surface area (Å²) in [6.07, 6.45) is 5.32. The van der Waals surface area contributed by atoms with Crippen LogP contribution >= 0.6 is 0 Å². The van der Waals surface area contributed by atoms with Gasteiger partial charge in [-0.25, -0.2) is 0 Å². The van der Waals surface area contributed by atoms with Crippen molar-refractivity contribution < 1.29 is 14.5 Å². The normalized spacial score (nSPS) is 27.8. The quantitative estimate of drug-likeness (QED) is 0.264. The van der Waals surface area contributed by atoms with Crippen LogP contribution in [0.3, 0.4) is 0 Å². The molecule has 0 unspecified atom stereocenters. The molecule has 0 aliphatic carbocycles. The summed E-state index contributed by atoms with van der Waals surface area (Å²) in [5, 5.41) is 23.8. The molecule has 5 atom stereocenters. The standard InChI is InChI=1S/C26H28N3O3/c1-2-19-17-29(16-18-7-9-21(10-8-18)28(31)32)14-12-20(19)15-25(29)26(30)23-11-13-27-24-6-4-3-5-22(23)24/h2-11,13,19-20,25-26,30H,1,12,14-17H2/q+1/t19-,20-,25-,26+,29+/m0/s1. The fourth-order valence-electron chi connectivity index (χ4n) is 6.05. The van der Waals surface area contributed by atoms with Gasteiger partial charge in [0.15, 0.2) is 0 Å². The first kappa shape index (κ1) is 20.8. The van der Waals surface area contributed by atoms with Crippen molar-refractivity contribution in [1.82, 2.24) is 4.98 Å². The summed E-state index contributed by atoms with van der Waals surface area (Å²) in [6.45, 7) is 6.77. The molecule has 1 N–H and O–H groups in total. The van der Waals surface area contributed by atoms with Crippen LogP contribution < -0.4 is 0 Å². The minimum Gasteiger partial charge on any atom is -0.382 e. The lowest BCUT2D eigenvalue weighted by atomic mass is 9.71. The van der Waals surface area contributed by atoms with Gasteiger partial charge in [-0.1, -0.05) is 24.3 Å². The van der Waals surface area contributed by atoms with Crippen LogP contribution in [0.2, 0.25) is 0 Å². The third kappa shape index (κ3) is 3.49. The van der Waals surface area contributed by atoms with Crippen LogP contribution in [0.4, 0.5) is 5.69 Å². The summed E-state index contributed by atoms with van der Waals surface area (Å²) < 4.78 is 0.781. The minimum absolute atomic E-state index is 0.0611. The zero-order valence-corrected chi connectivity index (χ0v) is 18.0. The Hall–Kier alpha value is -3.09. The number of benzene rings is 2. The van der Waals surface area contributed by atoms with Crippen molar-refractivity contribution in [3.05, 3.63) is 94.7 Å². The number of fused-ring (bicyclic) bond motifs is 4. The molecule has 6 heteroatoms. The van der Waals surface area contributed by atoms with Crippen LogP contribution in [0.5, 0.6) is 0 Å². The third-order valence-electron chi connectivity index (χ3n) is 7.69. The summed E-state index contributed by atoms with van der Waals surface area (Å²) in [4.78, 5) is 15.2. The highest BCUT2D eigenvalue weighted by molar-refractivity contribution is 5.82. The van der Waals surface area contributed by atoms with Gasteiger partial charge >= 0.3 is 0 Å². The number of pyridine rings is 1. The Bertz CT molecular complexity index is 1160. The predicted octanol–water partition coefficient (Wildman–Crippen LogP) is 4.79. The van der Waals surface area contributed by atoms with E-state index in [0.717, 1.165) is 59.0 Å². The lowest BCUT2D eigenvalue weighted by molar-refractivity contribution is -0.984. The molecule has 32 heavy (non-hydrogen) atoms. The Balaban J connectivity index is 1.52. The fourth-order valence-corrected chi connectivity index (χ4v) is 6.05. The molecule has 164 valence electrons. The smallest absolute Gasteiger partial charge is 0.269 e. The van der Waals surface area contributed by atoms with E-state index in [1.54, 1.807) is 18.3 Å². The molecule has 6 rings (SSSR count). The van der Waals surface area contributed by atoms with Crippen LogP contribution in [0.25, 0.3) is 10.9 Å². The van der Waals surface area contributed by atoms with Crippen LogP contribution in [-0.4, -0.2) is 38.6 Å². The number of rotatable bonds is 6. The van der Waals surface area contributed by atoms with Crippen molar-refractivity contribution >= 4 is 16.6 Å². The van der Waals surface area contributed by atoms with E-state index in [0.29, 0.717) is 11.8 Å². The summed E-state index contributed by atoms with van der Waals surface area (Å²) in [7, 11) is 0. The van der Waals surface area contributed by atoms with E-state index in [1.807, 2.05) is 42.5 Å². The average molecular weight is 431 g/mol. The van der Waals surface area contributed by atoms with Crippen LogP contribution in [0.1, 0.15) is 30.1 Å². The molecular formula is C26H28N3O3+. The van der Waals surface area contributed by atoms with Crippen LogP contribution in [0, 0.1) is 22.0 Å². The van der Waals surface area contributed by atoms with Crippen molar-refractivity contribution in [3.63, 3.8) is 0 Å². The maximum Gasteiger partial charge on any atom is 0.269 e. The average Bonchev–Trinajstić information content (AvgIpc) is 2.83. The number of para-hydroxylation sites is 1. The van der Waals surface area contributed by atoms with Crippen LogP contribution in [-0.2, 0) is 6.54 Å². The van der Waals surface area contributed by atoms with Gasteiger partial charge in [0.25, 0.3) is 5.69 Å². The Morgan fingerprint density at radius 1 is 1.22 bits per heavy atom. The monoisotopic (exact) mass is 430 g/mol. The van der Waals surface area contributed by atoms with Gasteiger partial charge in [0.2, 0.25) is 0 Å². The number of nitro groups is 1. The minimum atomic E-state index is -0.602. The fraction of sp³-hybridized carbons (Fsp3) is 0.346. The van der Waals surface area contributed by atoms with Crippen molar-refractivity contribution in [3.8, 4) is 0 Å². The third-order valence-corrected chi connectivity index (χ3v) is 7.69. The lowest BCUT2D eigenvalue weighted by Gasteiger charge is -2.58. The van der Waals surface area contributed by atoms with Crippen molar-refractivity contribution in [1.29, 1.82) is 0 Å². The number of quaternary nitrogens is 1. The molecule has 0 amide bonds. The SMILES string of the molecule is C=C[C@H]1C[N@+]2(Cc3ccc([N+](=O)[O-])cc3)CC[C@H]1C[C@H]2[C@H](O)c1ccnc2ccccc12. The summed E-state index contributed by atoms with van der Waals surface area (Å²) in [5.74, 6) is 0.969. The van der Waals surface area contributed by atoms with Gasteiger partial charge in [-0.3, -0.25) is 15.1 Å². The zero-order chi connectivity index (χ0) is 22.3. The van der Waals surface area contributed by atoms with Crippen molar-refractivity contribution in [2.45, 2.75) is 31.5 Å². The second-order valence-electron chi connectivity index (χ2n) is 9.32. The molecule has 4 heterocycles. The van der Waals surface area contributed by atoms with Gasteiger partial charge in [0.1, 0.15) is 18.7 Å². The Labute approximate surface area is 187 Å². The topological polar surface area (TPSA) is 76.3 Å². The summed E-state index contributed by atoms with van der Waals surface area (Å²) in [5.41, 5.74) is 3.00. The Morgan fingerprint density at radius 3 is 2.75 bits per heavy atom. The van der Waals surface area contributed by atoms with E-state index in [-0.39, 0.29) is 16.7 Å². The molecular weight excluding hydrogens is 402 g/mol. The Morgan fingerprint density at radius 2 is 2.00 bits per heavy atom. The number of non-ortho nitro benzene ring substituents is 1. The molecule has 3 saturated heterocycles. The van der Waals surface area contributed by atoms with Crippen molar-refractivity contribution in [2.24, 2.45) is 11.8 Å². The van der Waals surface area contributed by atoms with E-state index in [4.69, 9.17) is 0 Å². The number of hydrogen-bond acceptors (Lipinski definition) is 4. The molecule has 0 saturated carbocycles. The molecule has 0 spiro atoms. The zero-order valence-electron chi connectivity index (χ0n) is 18.0. The maximum absolute atomic E-state index is 11.7. The molecule has 3 aliphatic heterocycles. The molecule has 3 aliphatic rings. The first-order chi connectivity index (χ1) is 15.5. The number of nitro benzene ring substituents is 1. The predicted molar refractivity (Wildman–Crippen MR) is 124 cm³/mol. The molecule has 0 radical (unpaired) electrons. The number of aliphatic hydroxyl groups is 1. The second-order valence-corrected chi connectivity index (χ2v) is 9.32. The van der Waals surface area contributed by atoms with Gasteiger partial charge in [-0.15, -0.1) is 6.58 Å². The number of piperidine rings is 3. The molecule has 6 nitrogen and oxygen atoms in total. The molecule has 1 aromatic heterocycles. The first-order valence-electron chi connectivity index (χ1n) is 11.2. The lowest BCUT2D eigenvalue weighted by Crippen LogP contribution is -2.67. The van der Waals surface area contributed by atoms with Gasteiger partial charge in [-0.2, -0.15) is 0 Å². The van der Waals surface area contributed by atoms with Gasteiger partial charge < -0.3 is 9.59 Å². The van der Waals surface area contributed by atoms with Crippen LogP contribution in [0.15, 0.2) is 73.4 Å². The van der Waals surface area contributed by atoms with E-state index < -0.39 is 6.10 Å². The number of aliphatic hydroxyl groups excluding tert-OH is 1. The van der Waals surface area contributed by atoms with E-state index in [2.05, 4.69) is 17.6 Å². The highest BCUT2D eigenvalue weighted by atomic mass is 16.6. The highest BCUT2D eigenvalue weighted by Gasteiger charge is 2.54. The van der Waals surface area contributed by atoms with E-state index >= 15 is 0 Å². The molecule has 3 fully saturated rings. The van der Waals surface area contributed by atoms with Gasteiger partial charge in [0, 0.05) is 48.0 Å². The van der Waals surface area contributed by atoms with E-state index in [1.165, 1.54) is 0 Å². The second kappa shape index (κ2) is 8.11.